The lowest BCUT2D eigenvalue weighted by Gasteiger charge is -2.10. The first kappa shape index (κ1) is 15.1. The Labute approximate surface area is 134 Å². The molecule has 116 valence electrons. The Kier molecular flexibility index (Phi) is 4.22. The molecular formula is C16H21N5S. The van der Waals surface area contributed by atoms with Crippen molar-refractivity contribution < 1.29 is 0 Å². The average molecular weight is 315 g/mol. The molecule has 0 fully saturated rings. The molecule has 0 saturated heterocycles. The summed E-state index contributed by atoms with van der Waals surface area (Å²) >= 11 is 1.67. The zero-order valence-corrected chi connectivity index (χ0v) is 14.3. The molecular weight excluding hydrogens is 294 g/mol. The number of rotatable bonds is 5. The first-order valence-corrected chi connectivity index (χ1v) is 8.28. The molecule has 3 aromatic rings. The van der Waals surface area contributed by atoms with E-state index in [-0.39, 0.29) is 0 Å². The van der Waals surface area contributed by atoms with Gasteiger partial charge < -0.3 is 10.2 Å². The number of aryl methyl sites for hydroxylation is 2. The van der Waals surface area contributed by atoms with Crippen LogP contribution in [-0.4, -0.2) is 47.0 Å². The van der Waals surface area contributed by atoms with E-state index in [4.69, 9.17) is 0 Å². The van der Waals surface area contributed by atoms with Gasteiger partial charge >= 0.3 is 0 Å². The summed E-state index contributed by atoms with van der Waals surface area (Å²) in [5.41, 5.74) is 3.28. The highest BCUT2D eigenvalue weighted by atomic mass is 32.1. The van der Waals surface area contributed by atoms with Crippen LogP contribution in [0.5, 0.6) is 0 Å². The van der Waals surface area contributed by atoms with Crippen molar-refractivity contribution in [2.24, 2.45) is 0 Å². The van der Waals surface area contributed by atoms with E-state index in [1.165, 1.54) is 5.56 Å². The second-order valence-electron chi connectivity index (χ2n) is 5.85. The molecule has 0 aliphatic rings. The summed E-state index contributed by atoms with van der Waals surface area (Å²) in [6.07, 6.45) is 2.72. The highest BCUT2D eigenvalue weighted by Crippen LogP contribution is 2.36. The Bertz CT molecular complexity index is 809. The molecule has 1 N–H and O–H groups in total. The number of nitrogens with zero attached hydrogens (tertiary/aromatic N) is 4. The lowest BCUT2D eigenvalue weighted by molar-refractivity contribution is 0.405. The summed E-state index contributed by atoms with van der Waals surface area (Å²) in [5, 5.41) is 4.60. The van der Waals surface area contributed by atoms with E-state index in [1.807, 2.05) is 6.92 Å². The number of aromatic nitrogens is 3. The number of thiophene rings is 1. The van der Waals surface area contributed by atoms with Crippen molar-refractivity contribution >= 4 is 37.6 Å². The van der Waals surface area contributed by atoms with Crippen molar-refractivity contribution in [1.29, 1.82) is 0 Å². The van der Waals surface area contributed by atoms with E-state index in [2.05, 4.69) is 52.3 Å². The van der Waals surface area contributed by atoms with Crippen LogP contribution in [0.1, 0.15) is 17.7 Å². The Morgan fingerprint density at radius 1 is 1.23 bits per heavy atom. The van der Waals surface area contributed by atoms with Gasteiger partial charge in [0.1, 0.15) is 17.0 Å². The highest BCUT2D eigenvalue weighted by molar-refractivity contribution is 7.26. The molecule has 0 radical (unpaired) electrons. The number of hydrogen-bond acceptors (Lipinski definition) is 6. The van der Waals surface area contributed by atoms with E-state index >= 15 is 0 Å². The maximum Gasteiger partial charge on any atom is 0.147 e. The average Bonchev–Trinajstić information content (AvgIpc) is 2.82. The lowest BCUT2D eigenvalue weighted by Crippen LogP contribution is -2.16. The molecule has 0 atom stereocenters. The number of anilines is 1. The van der Waals surface area contributed by atoms with Crippen LogP contribution in [0, 0.1) is 13.8 Å². The minimum absolute atomic E-state index is 0.907. The number of fused-ring (bicyclic) bond motifs is 3. The van der Waals surface area contributed by atoms with Crippen LogP contribution < -0.4 is 5.32 Å². The zero-order chi connectivity index (χ0) is 15.7. The van der Waals surface area contributed by atoms with Crippen LogP contribution in [-0.2, 0) is 0 Å². The zero-order valence-electron chi connectivity index (χ0n) is 13.5. The summed E-state index contributed by atoms with van der Waals surface area (Å²) in [5.74, 6) is 0.920. The maximum absolute atomic E-state index is 4.65. The first-order valence-electron chi connectivity index (χ1n) is 7.46. The highest BCUT2D eigenvalue weighted by Gasteiger charge is 2.14. The molecule has 0 aromatic carbocycles. The van der Waals surface area contributed by atoms with Gasteiger partial charge in [-0.3, -0.25) is 0 Å². The van der Waals surface area contributed by atoms with Crippen LogP contribution in [0.15, 0.2) is 12.4 Å². The third-order valence-corrected chi connectivity index (χ3v) is 4.70. The van der Waals surface area contributed by atoms with Crippen LogP contribution in [0.3, 0.4) is 0 Å². The van der Waals surface area contributed by atoms with Gasteiger partial charge in [-0.05, 0) is 52.5 Å². The van der Waals surface area contributed by atoms with Crippen molar-refractivity contribution in [3.8, 4) is 0 Å². The van der Waals surface area contributed by atoms with E-state index < -0.39 is 0 Å². The largest absolute Gasteiger partial charge is 0.369 e. The smallest absolute Gasteiger partial charge is 0.147 e. The van der Waals surface area contributed by atoms with E-state index in [1.54, 1.807) is 17.7 Å². The molecule has 3 heterocycles. The van der Waals surface area contributed by atoms with Crippen molar-refractivity contribution in [1.82, 2.24) is 19.9 Å². The van der Waals surface area contributed by atoms with Crippen LogP contribution in [0.4, 0.5) is 5.82 Å². The SMILES string of the molecule is Cc1cc(C)c2c(n1)sc1c(NCCCN(C)C)ncnc12. The van der Waals surface area contributed by atoms with Gasteiger partial charge in [0.05, 0.1) is 10.2 Å². The quantitative estimate of drug-likeness (QED) is 0.733. The van der Waals surface area contributed by atoms with Crippen molar-refractivity contribution in [2.75, 3.05) is 32.5 Å². The molecule has 0 bridgehead atoms. The molecule has 6 heteroatoms. The van der Waals surface area contributed by atoms with Crippen molar-refractivity contribution in [3.63, 3.8) is 0 Å². The van der Waals surface area contributed by atoms with Gasteiger partial charge in [0.2, 0.25) is 0 Å². The van der Waals surface area contributed by atoms with Crippen LogP contribution in [0.2, 0.25) is 0 Å². The summed E-state index contributed by atoms with van der Waals surface area (Å²) < 4.78 is 1.10. The third-order valence-electron chi connectivity index (χ3n) is 3.63. The van der Waals surface area contributed by atoms with Crippen molar-refractivity contribution in [2.45, 2.75) is 20.3 Å². The Morgan fingerprint density at radius 2 is 2.05 bits per heavy atom. The molecule has 5 nitrogen and oxygen atoms in total. The summed E-state index contributed by atoms with van der Waals surface area (Å²) in [4.78, 5) is 16.8. The van der Waals surface area contributed by atoms with Gasteiger partial charge in [0, 0.05) is 17.6 Å². The van der Waals surface area contributed by atoms with Gasteiger partial charge in [-0.15, -0.1) is 11.3 Å². The third kappa shape index (κ3) is 2.89. The van der Waals surface area contributed by atoms with Crippen LogP contribution >= 0.6 is 11.3 Å². The summed E-state index contributed by atoms with van der Waals surface area (Å²) in [6.45, 7) is 6.12. The Morgan fingerprint density at radius 3 is 2.82 bits per heavy atom. The van der Waals surface area contributed by atoms with Gasteiger partial charge in [-0.25, -0.2) is 15.0 Å². The minimum atomic E-state index is 0.907. The van der Waals surface area contributed by atoms with Gasteiger partial charge in [-0.2, -0.15) is 0 Å². The van der Waals surface area contributed by atoms with Crippen molar-refractivity contribution in [3.05, 3.63) is 23.7 Å². The first-order chi connectivity index (χ1) is 10.6. The Hall–Kier alpha value is -1.79. The Balaban J connectivity index is 1.96. The van der Waals surface area contributed by atoms with E-state index in [0.717, 1.165) is 51.5 Å². The lowest BCUT2D eigenvalue weighted by atomic mass is 10.1. The molecule has 0 unspecified atom stereocenters. The minimum Gasteiger partial charge on any atom is -0.369 e. The fourth-order valence-electron chi connectivity index (χ4n) is 2.64. The standard InChI is InChI=1S/C16H21N5S/c1-10-8-11(2)20-16-12(10)13-14(22-16)15(19-9-18-13)17-6-5-7-21(3)4/h8-9H,5-7H2,1-4H3,(H,17,18,19). The van der Waals surface area contributed by atoms with Crippen LogP contribution in [0.25, 0.3) is 20.4 Å². The van der Waals surface area contributed by atoms with Gasteiger partial charge in [0.15, 0.2) is 0 Å². The predicted octanol–water partition coefficient (Wildman–Crippen LogP) is 3.22. The number of pyridine rings is 1. The molecule has 0 aliphatic carbocycles. The molecule has 3 rings (SSSR count). The number of nitrogens with one attached hydrogen (secondary N) is 1. The fraction of sp³-hybridized carbons (Fsp3) is 0.438. The molecule has 3 aromatic heterocycles. The normalized spacial score (nSPS) is 11.7. The fourth-order valence-corrected chi connectivity index (χ4v) is 3.85. The summed E-state index contributed by atoms with van der Waals surface area (Å²) in [6, 6.07) is 2.11. The van der Waals surface area contributed by atoms with Gasteiger partial charge in [0.25, 0.3) is 0 Å². The molecule has 0 aliphatic heterocycles. The van der Waals surface area contributed by atoms with E-state index in [0.29, 0.717) is 0 Å². The van der Waals surface area contributed by atoms with Gasteiger partial charge in [-0.1, -0.05) is 0 Å². The second kappa shape index (κ2) is 6.14. The molecule has 0 amide bonds. The second-order valence-corrected chi connectivity index (χ2v) is 6.85. The monoisotopic (exact) mass is 315 g/mol. The molecule has 22 heavy (non-hydrogen) atoms. The van der Waals surface area contributed by atoms with E-state index in [9.17, 15) is 0 Å². The topological polar surface area (TPSA) is 53.9 Å². The number of hydrogen-bond donors (Lipinski definition) is 1. The predicted molar refractivity (Wildman–Crippen MR) is 93.9 cm³/mol. The maximum atomic E-state index is 4.65. The summed E-state index contributed by atoms with van der Waals surface area (Å²) in [7, 11) is 4.18. The molecule has 0 saturated carbocycles. The molecule has 0 spiro atoms.